The first-order valence-corrected chi connectivity index (χ1v) is 9.99. The van der Waals surface area contributed by atoms with Crippen LogP contribution in [0.2, 0.25) is 0 Å². The fourth-order valence-electron chi connectivity index (χ4n) is 2.52. The van der Waals surface area contributed by atoms with Crippen molar-refractivity contribution < 1.29 is 8.42 Å². The van der Waals surface area contributed by atoms with Gasteiger partial charge in [0.15, 0.2) is 0 Å². The summed E-state index contributed by atoms with van der Waals surface area (Å²) in [4.78, 5) is 2.55. The number of fused-ring (bicyclic) bond motifs is 1. The fourth-order valence-corrected chi connectivity index (χ4v) is 6.47. The first-order valence-electron chi connectivity index (χ1n) is 6.25. The van der Waals surface area contributed by atoms with Crippen LogP contribution in [0.5, 0.6) is 0 Å². The SMILES string of the molecule is CC1c2ccsc2CCN1S(=O)(=O)c1csc(CCl)c1. The molecule has 0 saturated carbocycles. The third-order valence-electron chi connectivity index (χ3n) is 3.59. The molecule has 1 unspecified atom stereocenters. The van der Waals surface area contributed by atoms with Gasteiger partial charge >= 0.3 is 0 Å². The molecule has 108 valence electrons. The van der Waals surface area contributed by atoms with Crippen molar-refractivity contribution >= 4 is 44.3 Å². The van der Waals surface area contributed by atoms with E-state index in [2.05, 4.69) is 0 Å². The summed E-state index contributed by atoms with van der Waals surface area (Å²) in [7, 11) is -3.43. The minimum absolute atomic E-state index is 0.102. The lowest BCUT2D eigenvalue weighted by Gasteiger charge is -2.32. The number of rotatable bonds is 3. The van der Waals surface area contributed by atoms with Gasteiger partial charge in [-0.05, 0) is 36.4 Å². The van der Waals surface area contributed by atoms with Crippen molar-refractivity contribution in [2.45, 2.75) is 30.2 Å². The lowest BCUT2D eigenvalue weighted by molar-refractivity contribution is 0.329. The van der Waals surface area contributed by atoms with E-state index in [1.54, 1.807) is 27.1 Å². The summed E-state index contributed by atoms with van der Waals surface area (Å²) in [6.07, 6.45) is 0.795. The topological polar surface area (TPSA) is 37.4 Å². The van der Waals surface area contributed by atoms with E-state index in [1.807, 2.05) is 18.4 Å². The Kier molecular flexibility index (Phi) is 3.94. The van der Waals surface area contributed by atoms with Crippen molar-refractivity contribution in [2.24, 2.45) is 0 Å². The molecule has 3 rings (SSSR count). The molecule has 1 atom stereocenters. The normalized spacial score (nSPS) is 20.0. The van der Waals surface area contributed by atoms with Gasteiger partial charge in [0, 0.05) is 27.7 Å². The third-order valence-corrected chi connectivity index (χ3v) is 8.07. The van der Waals surface area contributed by atoms with E-state index in [0.29, 0.717) is 17.3 Å². The largest absolute Gasteiger partial charge is 0.244 e. The van der Waals surface area contributed by atoms with Gasteiger partial charge in [0.25, 0.3) is 0 Å². The average Bonchev–Trinajstić information content (AvgIpc) is 3.08. The average molecular weight is 348 g/mol. The first-order chi connectivity index (χ1) is 9.54. The quantitative estimate of drug-likeness (QED) is 0.791. The maximum Gasteiger partial charge on any atom is 0.244 e. The van der Waals surface area contributed by atoms with E-state index in [-0.39, 0.29) is 6.04 Å². The molecule has 1 aliphatic rings. The van der Waals surface area contributed by atoms with Gasteiger partial charge in [-0.3, -0.25) is 0 Å². The number of alkyl halides is 1. The van der Waals surface area contributed by atoms with Gasteiger partial charge < -0.3 is 0 Å². The molecule has 2 aromatic heterocycles. The van der Waals surface area contributed by atoms with E-state index < -0.39 is 10.0 Å². The molecule has 0 amide bonds. The molecule has 20 heavy (non-hydrogen) atoms. The summed E-state index contributed by atoms with van der Waals surface area (Å²) in [5, 5.41) is 3.72. The van der Waals surface area contributed by atoms with Crippen LogP contribution in [0.25, 0.3) is 0 Å². The summed E-state index contributed by atoms with van der Waals surface area (Å²) < 4.78 is 27.1. The Balaban J connectivity index is 1.96. The van der Waals surface area contributed by atoms with Crippen molar-refractivity contribution in [3.8, 4) is 0 Å². The molecule has 0 aromatic carbocycles. The predicted molar refractivity (Wildman–Crippen MR) is 84.2 cm³/mol. The summed E-state index contributed by atoms with van der Waals surface area (Å²) in [5.74, 6) is 0.352. The summed E-state index contributed by atoms with van der Waals surface area (Å²) in [5.41, 5.74) is 1.14. The van der Waals surface area contributed by atoms with E-state index >= 15 is 0 Å². The summed E-state index contributed by atoms with van der Waals surface area (Å²) in [6.45, 7) is 2.50. The Labute approximate surface area is 131 Å². The Morgan fingerprint density at radius 2 is 2.25 bits per heavy atom. The van der Waals surface area contributed by atoms with Gasteiger partial charge in [0.05, 0.1) is 10.8 Å². The number of nitrogens with zero attached hydrogens (tertiary/aromatic N) is 1. The number of thiophene rings is 2. The zero-order chi connectivity index (χ0) is 14.3. The van der Waals surface area contributed by atoms with Crippen LogP contribution in [0.15, 0.2) is 27.8 Å². The highest BCUT2D eigenvalue weighted by molar-refractivity contribution is 7.89. The zero-order valence-electron chi connectivity index (χ0n) is 10.9. The molecular formula is C13H14ClNO2S3. The standard InChI is InChI=1S/C13H14ClNO2S3/c1-9-12-3-5-18-13(12)2-4-15(9)20(16,17)11-6-10(7-14)19-8-11/h3,5-6,8-9H,2,4,7H2,1H3. The number of halogens is 1. The molecule has 3 heterocycles. The molecule has 0 N–H and O–H groups in total. The summed E-state index contributed by atoms with van der Waals surface area (Å²) >= 11 is 8.86. The Hall–Kier alpha value is -0.400. The molecule has 7 heteroatoms. The van der Waals surface area contributed by atoms with Crippen LogP contribution in [0.1, 0.15) is 28.3 Å². The van der Waals surface area contributed by atoms with E-state index in [9.17, 15) is 8.42 Å². The molecule has 0 saturated heterocycles. The van der Waals surface area contributed by atoms with Crippen LogP contribution in [-0.4, -0.2) is 19.3 Å². The van der Waals surface area contributed by atoms with Crippen molar-refractivity contribution in [3.63, 3.8) is 0 Å². The Morgan fingerprint density at radius 3 is 2.95 bits per heavy atom. The van der Waals surface area contributed by atoms with Crippen LogP contribution < -0.4 is 0 Å². The second kappa shape index (κ2) is 5.42. The van der Waals surface area contributed by atoms with Gasteiger partial charge in [-0.25, -0.2) is 8.42 Å². The minimum Gasteiger partial charge on any atom is -0.207 e. The zero-order valence-corrected chi connectivity index (χ0v) is 14.1. The lowest BCUT2D eigenvalue weighted by Crippen LogP contribution is -2.38. The van der Waals surface area contributed by atoms with Gasteiger partial charge in [0.2, 0.25) is 10.0 Å². The van der Waals surface area contributed by atoms with Gasteiger partial charge in [-0.15, -0.1) is 34.3 Å². The maximum atomic E-state index is 12.8. The smallest absolute Gasteiger partial charge is 0.207 e. The lowest BCUT2D eigenvalue weighted by atomic mass is 10.0. The molecule has 2 aromatic rings. The Morgan fingerprint density at radius 1 is 1.45 bits per heavy atom. The molecular weight excluding hydrogens is 334 g/mol. The third kappa shape index (κ3) is 2.33. The molecule has 1 aliphatic heterocycles. The van der Waals surface area contributed by atoms with Crippen LogP contribution in [0.3, 0.4) is 0 Å². The van der Waals surface area contributed by atoms with Crippen LogP contribution in [0, 0.1) is 0 Å². The second-order valence-electron chi connectivity index (χ2n) is 4.72. The van der Waals surface area contributed by atoms with Crippen LogP contribution >= 0.6 is 34.3 Å². The number of hydrogen-bond acceptors (Lipinski definition) is 4. The van der Waals surface area contributed by atoms with Gasteiger partial charge in [0.1, 0.15) is 0 Å². The van der Waals surface area contributed by atoms with E-state index in [0.717, 1.165) is 16.9 Å². The highest BCUT2D eigenvalue weighted by atomic mass is 35.5. The highest BCUT2D eigenvalue weighted by Gasteiger charge is 2.34. The van der Waals surface area contributed by atoms with Gasteiger partial charge in [-0.2, -0.15) is 4.31 Å². The second-order valence-corrected chi connectivity index (χ2v) is 8.88. The van der Waals surface area contributed by atoms with Crippen LogP contribution in [0.4, 0.5) is 0 Å². The fraction of sp³-hybridized carbons (Fsp3) is 0.385. The molecule has 0 bridgehead atoms. The minimum atomic E-state index is -3.43. The van der Waals surface area contributed by atoms with Crippen LogP contribution in [-0.2, 0) is 22.3 Å². The number of sulfonamides is 1. The molecule has 3 nitrogen and oxygen atoms in total. The molecule has 0 spiro atoms. The maximum absolute atomic E-state index is 12.8. The summed E-state index contributed by atoms with van der Waals surface area (Å²) in [6, 6.07) is 3.61. The molecule has 0 aliphatic carbocycles. The van der Waals surface area contributed by atoms with Crippen molar-refractivity contribution in [1.82, 2.24) is 4.31 Å². The predicted octanol–water partition coefficient (Wildman–Crippen LogP) is 3.86. The monoisotopic (exact) mass is 347 g/mol. The van der Waals surface area contributed by atoms with Crippen molar-refractivity contribution in [3.05, 3.63) is 38.2 Å². The van der Waals surface area contributed by atoms with Crippen molar-refractivity contribution in [1.29, 1.82) is 0 Å². The highest BCUT2D eigenvalue weighted by Crippen LogP contribution is 2.37. The van der Waals surface area contributed by atoms with Crippen molar-refractivity contribution in [2.75, 3.05) is 6.54 Å². The van der Waals surface area contributed by atoms with Gasteiger partial charge in [-0.1, -0.05) is 0 Å². The molecule has 0 radical (unpaired) electrons. The Bertz CT molecular complexity index is 720. The molecule has 0 fully saturated rings. The van der Waals surface area contributed by atoms with E-state index in [4.69, 9.17) is 11.6 Å². The number of hydrogen-bond donors (Lipinski definition) is 0. The van der Waals surface area contributed by atoms with E-state index in [1.165, 1.54) is 16.2 Å². The first kappa shape index (κ1) is 14.5.